The molecule has 140 valence electrons. The van der Waals surface area contributed by atoms with E-state index in [4.69, 9.17) is 0 Å². The molecule has 3 nitrogen and oxygen atoms in total. The van der Waals surface area contributed by atoms with Crippen LogP contribution in [0, 0.1) is 17.8 Å². The summed E-state index contributed by atoms with van der Waals surface area (Å²) >= 11 is 0. The Bertz CT molecular complexity index is 512. The fourth-order valence-electron chi connectivity index (χ4n) is 3.98. The summed E-state index contributed by atoms with van der Waals surface area (Å²) < 4.78 is 0. The molecule has 1 aliphatic carbocycles. The minimum Gasteiger partial charge on any atom is -0.338 e. The number of amides is 1. The normalized spacial score (nSPS) is 21.7. The molecule has 2 unspecified atom stereocenters. The standard InChI is InChI=1S/C21H32N2O.ClH/c1-17(20-11-6-12-22-14-20)13-21(24)23(16-19-9-5-10-19)15-18-7-3-2-4-8-18;/h2-4,7-8,17,19-20,22H,5-6,9-16H2,1H3;1H. The van der Waals surface area contributed by atoms with Crippen molar-refractivity contribution in [3.8, 4) is 0 Å². The molecule has 0 bridgehead atoms. The minimum absolute atomic E-state index is 0. The largest absolute Gasteiger partial charge is 0.338 e. The number of carbonyl (C=O) groups is 1. The molecule has 1 aliphatic heterocycles. The topological polar surface area (TPSA) is 32.3 Å². The fourth-order valence-corrected chi connectivity index (χ4v) is 3.98. The summed E-state index contributed by atoms with van der Waals surface area (Å²) in [4.78, 5) is 15.1. The zero-order chi connectivity index (χ0) is 16.8. The smallest absolute Gasteiger partial charge is 0.223 e. The van der Waals surface area contributed by atoms with Crippen molar-refractivity contribution >= 4 is 18.3 Å². The first kappa shape index (κ1) is 20.3. The molecule has 4 heteroatoms. The maximum absolute atomic E-state index is 13.0. The van der Waals surface area contributed by atoms with E-state index in [2.05, 4.69) is 41.4 Å². The summed E-state index contributed by atoms with van der Waals surface area (Å²) in [7, 11) is 0. The lowest BCUT2D eigenvalue weighted by Gasteiger charge is -2.34. The zero-order valence-electron chi connectivity index (χ0n) is 15.5. The van der Waals surface area contributed by atoms with Gasteiger partial charge in [0.25, 0.3) is 0 Å². The number of carbonyl (C=O) groups excluding carboxylic acids is 1. The van der Waals surface area contributed by atoms with E-state index in [1.54, 1.807) is 0 Å². The Hall–Kier alpha value is -1.06. The van der Waals surface area contributed by atoms with Gasteiger partial charge in [0.05, 0.1) is 0 Å². The van der Waals surface area contributed by atoms with E-state index < -0.39 is 0 Å². The molecule has 1 aromatic carbocycles. The Labute approximate surface area is 159 Å². The summed E-state index contributed by atoms with van der Waals surface area (Å²) in [6.07, 6.45) is 7.14. The van der Waals surface area contributed by atoms with Crippen LogP contribution in [0.3, 0.4) is 0 Å². The first-order valence-corrected chi connectivity index (χ1v) is 9.75. The number of nitrogens with one attached hydrogen (secondary N) is 1. The van der Waals surface area contributed by atoms with Crippen LogP contribution < -0.4 is 5.32 Å². The second-order valence-electron chi connectivity index (χ2n) is 7.84. The molecule has 2 fully saturated rings. The summed E-state index contributed by atoms with van der Waals surface area (Å²) in [6, 6.07) is 10.4. The molecule has 1 amide bonds. The number of halogens is 1. The number of rotatable bonds is 7. The molecule has 1 heterocycles. The van der Waals surface area contributed by atoms with Gasteiger partial charge in [-0.2, -0.15) is 0 Å². The van der Waals surface area contributed by atoms with Gasteiger partial charge in [0.15, 0.2) is 0 Å². The first-order chi connectivity index (χ1) is 11.7. The van der Waals surface area contributed by atoms with E-state index in [9.17, 15) is 4.79 Å². The summed E-state index contributed by atoms with van der Waals surface area (Å²) in [5.41, 5.74) is 1.25. The molecule has 1 N–H and O–H groups in total. The van der Waals surface area contributed by atoms with Crippen molar-refractivity contribution in [2.45, 2.75) is 52.0 Å². The van der Waals surface area contributed by atoms with Gasteiger partial charge in [-0.05, 0) is 62.1 Å². The Balaban J connectivity index is 0.00000225. The first-order valence-electron chi connectivity index (χ1n) is 9.75. The Morgan fingerprint density at radius 1 is 1.20 bits per heavy atom. The van der Waals surface area contributed by atoms with Crippen LogP contribution in [0.5, 0.6) is 0 Å². The molecular weight excluding hydrogens is 332 g/mol. The summed E-state index contributed by atoms with van der Waals surface area (Å²) in [5, 5.41) is 3.48. The Kier molecular flexibility index (Phi) is 8.25. The molecule has 1 aromatic rings. The molecule has 0 radical (unpaired) electrons. The highest BCUT2D eigenvalue weighted by molar-refractivity contribution is 5.85. The predicted molar refractivity (Wildman–Crippen MR) is 106 cm³/mol. The number of nitrogens with zero attached hydrogens (tertiary/aromatic N) is 1. The lowest BCUT2D eigenvalue weighted by Crippen LogP contribution is -2.39. The maximum atomic E-state index is 13.0. The number of hydrogen-bond donors (Lipinski definition) is 1. The highest BCUT2D eigenvalue weighted by Crippen LogP contribution is 2.29. The second-order valence-corrected chi connectivity index (χ2v) is 7.84. The van der Waals surface area contributed by atoms with Gasteiger partial charge in [-0.25, -0.2) is 0 Å². The lowest BCUT2D eigenvalue weighted by molar-refractivity contribution is -0.134. The van der Waals surface area contributed by atoms with Crippen molar-refractivity contribution in [1.82, 2.24) is 10.2 Å². The molecule has 2 aliphatic rings. The van der Waals surface area contributed by atoms with Crippen molar-refractivity contribution in [1.29, 1.82) is 0 Å². The third-order valence-electron chi connectivity index (χ3n) is 5.91. The van der Waals surface area contributed by atoms with Crippen LogP contribution in [0.25, 0.3) is 0 Å². The van der Waals surface area contributed by atoms with Gasteiger partial charge in [-0.3, -0.25) is 4.79 Å². The van der Waals surface area contributed by atoms with Crippen LogP contribution in [-0.2, 0) is 11.3 Å². The monoisotopic (exact) mass is 364 g/mol. The van der Waals surface area contributed by atoms with E-state index in [1.165, 1.54) is 37.7 Å². The zero-order valence-corrected chi connectivity index (χ0v) is 16.3. The second kappa shape index (κ2) is 10.2. The average molecular weight is 365 g/mol. The van der Waals surface area contributed by atoms with Crippen LogP contribution in [0.2, 0.25) is 0 Å². The van der Waals surface area contributed by atoms with E-state index in [1.807, 2.05) is 6.07 Å². The minimum atomic E-state index is 0. The molecular formula is C21H33ClN2O. The van der Waals surface area contributed by atoms with Crippen LogP contribution in [0.4, 0.5) is 0 Å². The van der Waals surface area contributed by atoms with Crippen molar-refractivity contribution in [3.63, 3.8) is 0 Å². The van der Waals surface area contributed by atoms with Gasteiger partial charge in [0.2, 0.25) is 5.91 Å². The molecule has 0 spiro atoms. The Morgan fingerprint density at radius 2 is 1.96 bits per heavy atom. The van der Waals surface area contributed by atoms with Crippen molar-refractivity contribution in [3.05, 3.63) is 35.9 Å². The maximum Gasteiger partial charge on any atom is 0.223 e. The van der Waals surface area contributed by atoms with Crippen LogP contribution in [0.1, 0.15) is 51.0 Å². The van der Waals surface area contributed by atoms with E-state index in [0.29, 0.717) is 24.2 Å². The van der Waals surface area contributed by atoms with Gasteiger partial charge < -0.3 is 10.2 Å². The SMILES string of the molecule is CC(CC(=O)N(Cc1ccccc1)CC1CCC1)C1CCCNC1.Cl. The number of piperidine rings is 1. The number of hydrogen-bond acceptors (Lipinski definition) is 2. The number of benzene rings is 1. The highest BCUT2D eigenvalue weighted by atomic mass is 35.5. The molecule has 2 atom stereocenters. The summed E-state index contributed by atoms with van der Waals surface area (Å²) in [5.74, 6) is 2.21. The van der Waals surface area contributed by atoms with Gasteiger partial charge >= 0.3 is 0 Å². The fraction of sp³-hybridized carbons (Fsp3) is 0.667. The molecule has 3 rings (SSSR count). The highest BCUT2D eigenvalue weighted by Gasteiger charge is 2.27. The van der Waals surface area contributed by atoms with Crippen molar-refractivity contribution in [2.75, 3.05) is 19.6 Å². The van der Waals surface area contributed by atoms with Crippen molar-refractivity contribution < 1.29 is 4.79 Å². The summed E-state index contributed by atoms with van der Waals surface area (Å²) in [6.45, 7) is 6.20. The van der Waals surface area contributed by atoms with E-state index in [0.717, 1.165) is 32.1 Å². The molecule has 25 heavy (non-hydrogen) atoms. The molecule has 1 saturated heterocycles. The average Bonchev–Trinajstić information content (AvgIpc) is 2.58. The van der Waals surface area contributed by atoms with Crippen LogP contribution >= 0.6 is 12.4 Å². The predicted octanol–water partition coefficient (Wildman–Crippen LogP) is 4.26. The third kappa shape index (κ3) is 6.00. The van der Waals surface area contributed by atoms with Crippen LogP contribution in [-0.4, -0.2) is 30.4 Å². The van der Waals surface area contributed by atoms with Gasteiger partial charge in [-0.15, -0.1) is 12.4 Å². The van der Waals surface area contributed by atoms with Gasteiger partial charge in [0.1, 0.15) is 0 Å². The molecule has 1 saturated carbocycles. The van der Waals surface area contributed by atoms with E-state index >= 15 is 0 Å². The van der Waals surface area contributed by atoms with Crippen LogP contribution in [0.15, 0.2) is 30.3 Å². The lowest BCUT2D eigenvalue weighted by atomic mass is 9.83. The molecule has 0 aromatic heterocycles. The van der Waals surface area contributed by atoms with Crippen molar-refractivity contribution in [2.24, 2.45) is 17.8 Å². The van der Waals surface area contributed by atoms with Gasteiger partial charge in [-0.1, -0.05) is 43.7 Å². The Morgan fingerprint density at radius 3 is 2.56 bits per heavy atom. The quantitative estimate of drug-likeness (QED) is 0.783. The van der Waals surface area contributed by atoms with Gasteiger partial charge in [0, 0.05) is 19.5 Å². The van der Waals surface area contributed by atoms with E-state index in [-0.39, 0.29) is 12.4 Å². The third-order valence-corrected chi connectivity index (χ3v) is 5.91.